The van der Waals surface area contributed by atoms with Gasteiger partial charge in [-0.3, -0.25) is 4.90 Å². The van der Waals surface area contributed by atoms with Crippen molar-refractivity contribution in [3.63, 3.8) is 0 Å². The van der Waals surface area contributed by atoms with Gasteiger partial charge in [-0.05, 0) is 18.2 Å². The first-order valence-electron chi connectivity index (χ1n) is 10.8. The fourth-order valence-electron chi connectivity index (χ4n) is 4.23. The molecule has 0 saturated carbocycles. The second kappa shape index (κ2) is 9.83. The van der Waals surface area contributed by atoms with Gasteiger partial charge < -0.3 is 24.3 Å². The van der Waals surface area contributed by atoms with Crippen molar-refractivity contribution < 1.29 is 27.7 Å². The molecule has 5 rings (SSSR count). The Hall–Kier alpha value is -2.79. The molecule has 2 aliphatic rings. The molecule has 180 valence electrons. The van der Waals surface area contributed by atoms with E-state index in [1.165, 1.54) is 19.5 Å². The van der Waals surface area contributed by atoms with Crippen LogP contribution < -0.4 is 14.8 Å². The third-order valence-electron chi connectivity index (χ3n) is 6.03. The van der Waals surface area contributed by atoms with Crippen molar-refractivity contribution in [1.29, 1.82) is 0 Å². The van der Waals surface area contributed by atoms with Crippen LogP contribution in [0.3, 0.4) is 0 Å². The van der Waals surface area contributed by atoms with Crippen molar-refractivity contribution in [3.05, 3.63) is 47.2 Å². The summed E-state index contributed by atoms with van der Waals surface area (Å²) in [4.78, 5) is 10.9. The SMILES string of the molecule is COc1cc2c(Nc3ccc(F)c(Cl)c3F)ncnc2cc1OCC1OCCN2CCOCC12. The standard InChI is InChI=1S/C23H23ClF2N4O4/c1-31-18-8-13-16(27-12-28-23(13)29-15-3-2-14(25)21(24)22(15)26)9-19(18)34-11-20-17-10-32-6-4-30(17)5-7-33-20/h2-3,8-9,12,17,20H,4-7,10-11H2,1H3,(H,27,28,29). The van der Waals surface area contributed by atoms with Crippen LogP contribution in [-0.2, 0) is 9.47 Å². The predicted molar refractivity (Wildman–Crippen MR) is 122 cm³/mol. The predicted octanol–water partition coefficient (Wildman–Crippen LogP) is 3.79. The Bertz CT molecular complexity index is 1200. The molecule has 8 nitrogen and oxygen atoms in total. The van der Waals surface area contributed by atoms with Gasteiger partial charge >= 0.3 is 0 Å². The summed E-state index contributed by atoms with van der Waals surface area (Å²) >= 11 is 5.70. The Kier molecular flexibility index (Phi) is 6.64. The summed E-state index contributed by atoms with van der Waals surface area (Å²) in [5.74, 6) is -0.496. The molecule has 2 aliphatic heterocycles. The maximum atomic E-state index is 14.4. The first kappa shape index (κ1) is 23.0. The van der Waals surface area contributed by atoms with Crippen LogP contribution in [0.1, 0.15) is 0 Å². The number of fused-ring (bicyclic) bond motifs is 2. The number of aromatic nitrogens is 2. The Balaban J connectivity index is 1.40. The first-order chi connectivity index (χ1) is 16.5. The Morgan fingerprint density at radius 3 is 2.88 bits per heavy atom. The average Bonchev–Trinajstić information content (AvgIpc) is 2.87. The normalized spacial score (nSPS) is 20.7. The molecule has 3 heterocycles. The van der Waals surface area contributed by atoms with E-state index < -0.39 is 16.7 Å². The van der Waals surface area contributed by atoms with Crippen LogP contribution in [0, 0.1) is 11.6 Å². The number of morpholine rings is 2. The second-order valence-corrected chi connectivity index (χ2v) is 8.37. The summed E-state index contributed by atoms with van der Waals surface area (Å²) < 4.78 is 51.1. The summed E-state index contributed by atoms with van der Waals surface area (Å²) in [5.41, 5.74) is 0.536. The van der Waals surface area contributed by atoms with Crippen LogP contribution in [0.25, 0.3) is 10.9 Å². The Morgan fingerprint density at radius 2 is 2.03 bits per heavy atom. The van der Waals surface area contributed by atoms with Crippen LogP contribution in [0.5, 0.6) is 11.5 Å². The van der Waals surface area contributed by atoms with Gasteiger partial charge in [0.05, 0.1) is 44.2 Å². The molecule has 1 N–H and O–H groups in total. The molecule has 0 spiro atoms. The Labute approximate surface area is 199 Å². The van der Waals surface area contributed by atoms with E-state index in [4.69, 9.17) is 30.5 Å². The molecular weight excluding hydrogens is 470 g/mol. The highest BCUT2D eigenvalue weighted by molar-refractivity contribution is 6.31. The minimum atomic E-state index is -0.909. The number of benzene rings is 2. The summed E-state index contributed by atoms with van der Waals surface area (Å²) in [6, 6.07) is 5.90. The molecule has 3 aromatic rings. The van der Waals surface area contributed by atoms with Crippen molar-refractivity contribution in [2.45, 2.75) is 12.1 Å². The quantitative estimate of drug-likeness (QED) is 0.521. The number of anilines is 2. The highest BCUT2D eigenvalue weighted by atomic mass is 35.5. The van der Waals surface area contributed by atoms with Crippen LogP contribution in [-0.4, -0.2) is 73.6 Å². The van der Waals surface area contributed by atoms with Gasteiger partial charge in [0, 0.05) is 24.5 Å². The minimum absolute atomic E-state index is 0.0144. The lowest BCUT2D eigenvalue weighted by Gasteiger charge is -2.43. The topological polar surface area (TPSA) is 78.0 Å². The molecule has 34 heavy (non-hydrogen) atoms. The number of hydrogen-bond acceptors (Lipinski definition) is 8. The monoisotopic (exact) mass is 492 g/mol. The van der Waals surface area contributed by atoms with Gasteiger partial charge in [-0.25, -0.2) is 18.7 Å². The van der Waals surface area contributed by atoms with E-state index in [1.807, 2.05) is 0 Å². The maximum absolute atomic E-state index is 14.4. The van der Waals surface area contributed by atoms with Crippen molar-refractivity contribution >= 4 is 34.0 Å². The van der Waals surface area contributed by atoms with Gasteiger partial charge in [-0.2, -0.15) is 0 Å². The lowest BCUT2D eigenvalue weighted by atomic mass is 10.1. The number of hydrogen-bond donors (Lipinski definition) is 1. The summed E-state index contributed by atoms with van der Waals surface area (Å²) in [6.07, 6.45) is 1.20. The highest BCUT2D eigenvalue weighted by Crippen LogP contribution is 2.36. The molecule has 0 amide bonds. The van der Waals surface area contributed by atoms with E-state index in [0.717, 1.165) is 25.8 Å². The summed E-state index contributed by atoms with van der Waals surface area (Å²) in [6.45, 7) is 4.07. The van der Waals surface area contributed by atoms with E-state index in [-0.39, 0.29) is 17.8 Å². The zero-order valence-electron chi connectivity index (χ0n) is 18.4. The number of nitrogens with one attached hydrogen (secondary N) is 1. The van der Waals surface area contributed by atoms with E-state index in [0.29, 0.717) is 48.0 Å². The zero-order chi connectivity index (χ0) is 23.7. The van der Waals surface area contributed by atoms with Gasteiger partial charge in [-0.15, -0.1) is 0 Å². The lowest BCUT2D eigenvalue weighted by molar-refractivity contribution is -0.135. The van der Waals surface area contributed by atoms with Gasteiger partial charge in [0.2, 0.25) is 0 Å². The van der Waals surface area contributed by atoms with Crippen molar-refractivity contribution in [3.8, 4) is 11.5 Å². The minimum Gasteiger partial charge on any atom is -0.493 e. The molecular formula is C23H23ClF2N4O4. The van der Waals surface area contributed by atoms with Crippen LogP contribution in [0.15, 0.2) is 30.6 Å². The van der Waals surface area contributed by atoms with Crippen molar-refractivity contribution in [2.75, 3.05) is 51.9 Å². The third-order valence-corrected chi connectivity index (χ3v) is 6.38. The van der Waals surface area contributed by atoms with Crippen LogP contribution >= 0.6 is 11.6 Å². The zero-order valence-corrected chi connectivity index (χ0v) is 19.1. The average molecular weight is 493 g/mol. The summed E-state index contributed by atoms with van der Waals surface area (Å²) in [5, 5.41) is 2.82. The summed E-state index contributed by atoms with van der Waals surface area (Å²) in [7, 11) is 1.53. The lowest BCUT2D eigenvalue weighted by Crippen LogP contribution is -2.58. The molecule has 2 saturated heterocycles. The molecule has 2 fully saturated rings. The number of ether oxygens (including phenoxy) is 4. The van der Waals surface area contributed by atoms with E-state index in [2.05, 4.69) is 20.2 Å². The van der Waals surface area contributed by atoms with Crippen molar-refractivity contribution in [2.24, 2.45) is 0 Å². The van der Waals surface area contributed by atoms with Crippen LogP contribution in [0.4, 0.5) is 20.3 Å². The van der Waals surface area contributed by atoms with Gasteiger partial charge in [-0.1, -0.05) is 11.6 Å². The van der Waals surface area contributed by atoms with Gasteiger partial charge in [0.25, 0.3) is 0 Å². The first-order valence-corrected chi connectivity index (χ1v) is 11.2. The maximum Gasteiger partial charge on any atom is 0.168 e. The third kappa shape index (κ3) is 4.46. The smallest absolute Gasteiger partial charge is 0.168 e. The molecule has 2 unspecified atom stereocenters. The van der Waals surface area contributed by atoms with E-state index in [1.54, 1.807) is 12.1 Å². The molecule has 0 aliphatic carbocycles. The molecule has 2 aromatic carbocycles. The molecule has 1 aromatic heterocycles. The number of nitrogens with zero attached hydrogens (tertiary/aromatic N) is 3. The fraction of sp³-hybridized carbons (Fsp3) is 0.391. The van der Waals surface area contributed by atoms with Crippen molar-refractivity contribution in [1.82, 2.24) is 14.9 Å². The Morgan fingerprint density at radius 1 is 1.18 bits per heavy atom. The molecule has 11 heteroatoms. The number of halogens is 3. The molecule has 0 radical (unpaired) electrons. The number of methoxy groups -OCH3 is 1. The highest BCUT2D eigenvalue weighted by Gasteiger charge is 2.35. The second-order valence-electron chi connectivity index (χ2n) is 7.99. The van der Waals surface area contributed by atoms with Gasteiger partial charge in [0.15, 0.2) is 17.3 Å². The fourth-order valence-corrected chi connectivity index (χ4v) is 4.39. The largest absolute Gasteiger partial charge is 0.493 e. The van der Waals surface area contributed by atoms with E-state index in [9.17, 15) is 8.78 Å². The number of rotatable bonds is 6. The molecule has 0 bridgehead atoms. The molecule has 2 atom stereocenters. The van der Waals surface area contributed by atoms with Gasteiger partial charge in [0.1, 0.15) is 35.7 Å². The van der Waals surface area contributed by atoms with Crippen LogP contribution in [0.2, 0.25) is 5.02 Å². The van der Waals surface area contributed by atoms with E-state index >= 15 is 0 Å².